The number of aryl methyl sites for hydroxylation is 1. The number of hydrogen-bond donors (Lipinski definition) is 0. The number of anilines is 1. The Balaban J connectivity index is 2.27. The molecule has 0 N–H and O–H groups in total. The van der Waals surface area contributed by atoms with Crippen molar-refractivity contribution < 1.29 is 8.42 Å². The lowest BCUT2D eigenvalue weighted by molar-refractivity contribution is 0.600. The van der Waals surface area contributed by atoms with Gasteiger partial charge in [0.15, 0.2) is 9.84 Å². The van der Waals surface area contributed by atoms with Crippen molar-refractivity contribution in [3.8, 4) is 6.07 Å². The zero-order valence-electron chi connectivity index (χ0n) is 10.3. The molecule has 1 aromatic heterocycles. The molecule has 0 radical (unpaired) electrons. The normalized spacial score (nSPS) is 21.5. The van der Waals surface area contributed by atoms with E-state index in [1.54, 1.807) is 24.9 Å². The standard InChI is InChI=1S/C11H14N4O2S/c1-8-5-9(6-12)14-11(13-8)15(2)10-3-4-18(16,17)7-10/h5,10H,3-4,7H2,1-2H3. The summed E-state index contributed by atoms with van der Waals surface area (Å²) in [4.78, 5) is 10.1. The van der Waals surface area contributed by atoms with Gasteiger partial charge in [-0.2, -0.15) is 5.26 Å². The first kappa shape index (κ1) is 12.8. The van der Waals surface area contributed by atoms with Crippen LogP contribution in [0.2, 0.25) is 0 Å². The van der Waals surface area contributed by atoms with Crippen LogP contribution < -0.4 is 4.90 Å². The smallest absolute Gasteiger partial charge is 0.226 e. The predicted molar refractivity (Wildman–Crippen MR) is 66.9 cm³/mol. The van der Waals surface area contributed by atoms with E-state index in [0.29, 0.717) is 23.8 Å². The van der Waals surface area contributed by atoms with Crippen LogP contribution in [-0.4, -0.2) is 43.0 Å². The zero-order valence-corrected chi connectivity index (χ0v) is 11.1. The summed E-state index contributed by atoms with van der Waals surface area (Å²) in [5.41, 5.74) is 0.995. The summed E-state index contributed by atoms with van der Waals surface area (Å²) < 4.78 is 22.9. The molecule has 1 atom stereocenters. The van der Waals surface area contributed by atoms with E-state index < -0.39 is 9.84 Å². The molecule has 0 saturated carbocycles. The van der Waals surface area contributed by atoms with Crippen LogP contribution in [0, 0.1) is 18.3 Å². The maximum absolute atomic E-state index is 11.4. The Morgan fingerprint density at radius 3 is 2.78 bits per heavy atom. The Morgan fingerprint density at radius 2 is 2.22 bits per heavy atom. The van der Waals surface area contributed by atoms with Gasteiger partial charge in [0, 0.05) is 18.8 Å². The molecule has 2 heterocycles. The van der Waals surface area contributed by atoms with Gasteiger partial charge in [-0.05, 0) is 19.4 Å². The molecular formula is C11H14N4O2S. The Kier molecular flexibility index (Phi) is 3.22. The highest BCUT2D eigenvalue weighted by molar-refractivity contribution is 7.91. The molecule has 0 aromatic carbocycles. The maximum Gasteiger partial charge on any atom is 0.226 e. The van der Waals surface area contributed by atoms with Gasteiger partial charge in [0.2, 0.25) is 5.95 Å². The van der Waals surface area contributed by atoms with Crippen LogP contribution in [0.5, 0.6) is 0 Å². The topological polar surface area (TPSA) is 87.0 Å². The van der Waals surface area contributed by atoms with Gasteiger partial charge < -0.3 is 4.90 Å². The van der Waals surface area contributed by atoms with E-state index in [9.17, 15) is 8.42 Å². The number of hydrogen-bond acceptors (Lipinski definition) is 6. The molecule has 1 fully saturated rings. The first-order valence-corrected chi connectivity index (χ1v) is 7.42. The van der Waals surface area contributed by atoms with Gasteiger partial charge in [0.25, 0.3) is 0 Å². The summed E-state index contributed by atoms with van der Waals surface area (Å²) in [6.07, 6.45) is 0.581. The second-order valence-electron chi connectivity index (χ2n) is 4.47. The Labute approximate surface area is 106 Å². The van der Waals surface area contributed by atoms with Crippen molar-refractivity contribution in [3.63, 3.8) is 0 Å². The highest BCUT2D eigenvalue weighted by Gasteiger charge is 2.31. The van der Waals surface area contributed by atoms with Crippen molar-refractivity contribution in [2.75, 3.05) is 23.5 Å². The lowest BCUT2D eigenvalue weighted by Crippen LogP contribution is -2.34. The van der Waals surface area contributed by atoms with Crippen LogP contribution in [0.15, 0.2) is 6.07 Å². The molecular weight excluding hydrogens is 252 g/mol. The quantitative estimate of drug-likeness (QED) is 0.764. The van der Waals surface area contributed by atoms with Gasteiger partial charge in [-0.15, -0.1) is 0 Å². The summed E-state index contributed by atoms with van der Waals surface area (Å²) >= 11 is 0. The minimum absolute atomic E-state index is 0.108. The first-order valence-electron chi connectivity index (χ1n) is 5.60. The molecule has 1 unspecified atom stereocenters. The van der Waals surface area contributed by atoms with Crippen LogP contribution in [0.25, 0.3) is 0 Å². The van der Waals surface area contributed by atoms with Crippen molar-refractivity contribution in [1.82, 2.24) is 9.97 Å². The zero-order chi connectivity index (χ0) is 13.3. The first-order chi connectivity index (χ1) is 8.41. The second kappa shape index (κ2) is 4.53. The molecule has 96 valence electrons. The highest BCUT2D eigenvalue weighted by atomic mass is 32.2. The van der Waals surface area contributed by atoms with Crippen LogP contribution in [0.1, 0.15) is 17.8 Å². The number of nitriles is 1. The summed E-state index contributed by atoms with van der Waals surface area (Å²) in [6.45, 7) is 1.78. The molecule has 18 heavy (non-hydrogen) atoms. The average Bonchev–Trinajstić information content (AvgIpc) is 2.67. The van der Waals surface area contributed by atoms with Crippen molar-refractivity contribution in [1.29, 1.82) is 5.26 Å². The molecule has 7 heteroatoms. The predicted octanol–water partition coefficient (Wildman–Crippen LogP) is 0.280. The lowest BCUT2D eigenvalue weighted by Gasteiger charge is -2.23. The van der Waals surface area contributed by atoms with E-state index in [1.165, 1.54) is 0 Å². The Morgan fingerprint density at radius 1 is 1.50 bits per heavy atom. The number of sulfone groups is 1. The largest absolute Gasteiger partial charge is 0.340 e. The van der Waals surface area contributed by atoms with Gasteiger partial charge >= 0.3 is 0 Å². The molecule has 1 aromatic rings. The minimum atomic E-state index is -2.94. The highest BCUT2D eigenvalue weighted by Crippen LogP contribution is 2.20. The number of rotatable bonds is 2. The molecule has 0 bridgehead atoms. The number of aromatic nitrogens is 2. The van der Waals surface area contributed by atoms with E-state index in [1.807, 2.05) is 6.07 Å². The van der Waals surface area contributed by atoms with Crippen molar-refractivity contribution in [2.45, 2.75) is 19.4 Å². The van der Waals surface area contributed by atoms with E-state index in [0.717, 1.165) is 0 Å². The van der Waals surface area contributed by atoms with Gasteiger partial charge in [0.05, 0.1) is 11.5 Å². The summed E-state index contributed by atoms with van der Waals surface area (Å²) in [6, 6.07) is 3.47. The van der Waals surface area contributed by atoms with Gasteiger partial charge in [-0.1, -0.05) is 0 Å². The van der Waals surface area contributed by atoms with Gasteiger partial charge in [-0.25, -0.2) is 18.4 Å². The van der Waals surface area contributed by atoms with Crippen LogP contribution >= 0.6 is 0 Å². The molecule has 0 amide bonds. The maximum atomic E-state index is 11.4. The van der Waals surface area contributed by atoms with E-state index in [4.69, 9.17) is 5.26 Å². The fourth-order valence-corrected chi connectivity index (χ4v) is 3.79. The van der Waals surface area contributed by atoms with E-state index in [-0.39, 0.29) is 17.5 Å². The molecule has 6 nitrogen and oxygen atoms in total. The summed E-state index contributed by atoms with van der Waals surface area (Å²) in [5.74, 6) is 0.746. The second-order valence-corrected chi connectivity index (χ2v) is 6.70. The van der Waals surface area contributed by atoms with Gasteiger partial charge in [0.1, 0.15) is 11.8 Å². The third-order valence-corrected chi connectivity index (χ3v) is 4.78. The van der Waals surface area contributed by atoms with Crippen LogP contribution in [-0.2, 0) is 9.84 Å². The summed E-state index contributed by atoms with van der Waals surface area (Å²) in [5, 5.41) is 8.86. The molecule has 0 spiro atoms. The fourth-order valence-electron chi connectivity index (χ4n) is 2.01. The van der Waals surface area contributed by atoms with Gasteiger partial charge in [-0.3, -0.25) is 0 Å². The third kappa shape index (κ3) is 2.59. The molecule has 0 aliphatic carbocycles. The SMILES string of the molecule is Cc1cc(C#N)nc(N(C)C2CCS(=O)(=O)C2)n1. The average molecular weight is 266 g/mol. The van der Waals surface area contributed by atoms with Crippen LogP contribution in [0.3, 0.4) is 0 Å². The van der Waals surface area contributed by atoms with Crippen LogP contribution in [0.4, 0.5) is 5.95 Å². The monoisotopic (exact) mass is 266 g/mol. The number of nitrogens with zero attached hydrogens (tertiary/aromatic N) is 4. The molecule has 2 rings (SSSR count). The fraction of sp³-hybridized carbons (Fsp3) is 0.545. The van der Waals surface area contributed by atoms with Crippen molar-refractivity contribution in [2.24, 2.45) is 0 Å². The lowest BCUT2D eigenvalue weighted by atomic mass is 10.2. The Bertz CT molecular complexity index is 606. The molecule has 1 saturated heterocycles. The molecule has 1 aliphatic heterocycles. The van der Waals surface area contributed by atoms with E-state index >= 15 is 0 Å². The van der Waals surface area contributed by atoms with Crippen molar-refractivity contribution >= 4 is 15.8 Å². The van der Waals surface area contributed by atoms with Crippen molar-refractivity contribution in [3.05, 3.63) is 17.5 Å². The summed E-state index contributed by atoms with van der Waals surface area (Å²) in [7, 11) is -1.17. The minimum Gasteiger partial charge on any atom is -0.340 e. The van der Waals surface area contributed by atoms with E-state index in [2.05, 4.69) is 9.97 Å². The molecule has 1 aliphatic rings. The Hall–Kier alpha value is -1.68. The third-order valence-electron chi connectivity index (χ3n) is 3.03.